The van der Waals surface area contributed by atoms with Gasteiger partial charge in [0.05, 0.1) is 6.61 Å². The van der Waals surface area contributed by atoms with E-state index in [1.54, 1.807) is 0 Å². The van der Waals surface area contributed by atoms with Crippen LogP contribution >= 0.6 is 0 Å². The van der Waals surface area contributed by atoms with Crippen molar-refractivity contribution in [2.24, 2.45) is 0 Å². The third-order valence-electron chi connectivity index (χ3n) is 2.24. The zero-order valence-electron chi connectivity index (χ0n) is 11.1. The monoisotopic (exact) mass is 377 g/mol. The standard InChI is InChI=1S/C9H10F11NO.FH/c1-2-22-9(19,20)8(17,18)21(7(15,16)4-11)5(12)6(13,14)3-10;/h5H,2-4H2,1H3;1H. The van der Waals surface area contributed by atoms with Crippen LogP contribution in [-0.2, 0) is 4.74 Å². The molecule has 1 atom stereocenters. The van der Waals surface area contributed by atoms with E-state index < -0.39 is 55.3 Å². The van der Waals surface area contributed by atoms with Crippen LogP contribution in [0.15, 0.2) is 0 Å². The SMILES string of the molecule is CCOC(F)(F)C(F)(F)N(C(F)C(F)(F)CF)C(F)(F)CF.F. The van der Waals surface area contributed by atoms with Gasteiger partial charge in [-0.15, -0.1) is 4.90 Å². The Balaban J connectivity index is 0. The molecule has 0 aliphatic carbocycles. The highest BCUT2D eigenvalue weighted by Gasteiger charge is 2.72. The predicted molar refractivity (Wildman–Crippen MR) is 52.6 cm³/mol. The number of nitrogens with zero attached hydrogens (tertiary/aromatic N) is 1. The third-order valence-corrected chi connectivity index (χ3v) is 2.24. The maximum absolute atomic E-state index is 13.4. The summed E-state index contributed by atoms with van der Waals surface area (Å²) >= 11 is 0. The van der Waals surface area contributed by atoms with Crippen molar-refractivity contribution in [1.29, 1.82) is 0 Å². The molecule has 0 bridgehead atoms. The van der Waals surface area contributed by atoms with E-state index in [0.29, 0.717) is 6.92 Å². The zero-order valence-corrected chi connectivity index (χ0v) is 11.1. The minimum atomic E-state index is -6.41. The fraction of sp³-hybridized carbons (Fsp3) is 1.00. The molecule has 0 spiro atoms. The van der Waals surface area contributed by atoms with E-state index in [0.717, 1.165) is 0 Å². The molecule has 0 N–H and O–H groups in total. The maximum Gasteiger partial charge on any atom is 0.435 e. The molecule has 0 fully saturated rings. The molecule has 0 aliphatic rings. The van der Waals surface area contributed by atoms with E-state index in [1.807, 2.05) is 0 Å². The van der Waals surface area contributed by atoms with Crippen molar-refractivity contribution in [3.8, 4) is 0 Å². The van der Waals surface area contributed by atoms with Gasteiger partial charge in [0.15, 0.2) is 13.3 Å². The van der Waals surface area contributed by atoms with E-state index in [-0.39, 0.29) is 4.70 Å². The first-order chi connectivity index (χ1) is 9.71. The van der Waals surface area contributed by atoms with Crippen LogP contribution in [0.25, 0.3) is 0 Å². The van der Waals surface area contributed by atoms with Gasteiger partial charge in [0, 0.05) is 0 Å². The highest BCUT2D eigenvalue weighted by atomic mass is 19.3. The normalized spacial score (nSPS) is 15.5. The summed E-state index contributed by atoms with van der Waals surface area (Å²) in [5.74, 6) is -5.52. The molecular formula is C9H11F12NO. The van der Waals surface area contributed by atoms with Crippen molar-refractivity contribution in [1.82, 2.24) is 4.90 Å². The lowest BCUT2D eigenvalue weighted by atomic mass is 10.2. The number of hydrogen-bond donors (Lipinski definition) is 0. The Morgan fingerprint density at radius 3 is 1.65 bits per heavy atom. The van der Waals surface area contributed by atoms with Gasteiger partial charge in [0.1, 0.15) is 0 Å². The molecular weight excluding hydrogens is 366 g/mol. The van der Waals surface area contributed by atoms with Gasteiger partial charge < -0.3 is 4.74 Å². The Labute approximate surface area is 121 Å². The molecule has 23 heavy (non-hydrogen) atoms. The summed E-state index contributed by atoms with van der Waals surface area (Å²) in [7, 11) is 0. The summed E-state index contributed by atoms with van der Waals surface area (Å²) in [4.78, 5) is -2.73. The van der Waals surface area contributed by atoms with Crippen LogP contribution in [0.5, 0.6) is 0 Å². The van der Waals surface area contributed by atoms with Crippen LogP contribution in [0.2, 0.25) is 0 Å². The van der Waals surface area contributed by atoms with Crippen molar-refractivity contribution < 1.29 is 57.7 Å². The molecule has 0 radical (unpaired) electrons. The van der Waals surface area contributed by atoms with Gasteiger partial charge in [-0.25, -0.2) is 13.2 Å². The van der Waals surface area contributed by atoms with Gasteiger partial charge in [-0.05, 0) is 6.92 Å². The van der Waals surface area contributed by atoms with Crippen LogP contribution < -0.4 is 0 Å². The van der Waals surface area contributed by atoms with Crippen LogP contribution in [0.4, 0.5) is 53.0 Å². The Morgan fingerprint density at radius 1 is 0.913 bits per heavy atom. The van der Waals surface area contributed by atoms with E-state index in [2.05, 4.69) is 4.74 Å². The summed E-state index contributed by atoms with van der Waals surface area (Å²) in [5, 5.41) is 0. The molecule has 0 saturated carbocycles. The molecule has 0 rings (SSSR count). The highest BCUT2D eigenvalue weighted by molar-refractivity contribution is 4.90. The Hall–Kier alpha value is -0.920. The largest absolute Gasteiger partial charge is 0.435 e. The number of ether oxygens (including phenoxy) is 1. The first-order valence-corrected chi connectivity index (χ1v) is 5.42. The summed E-state index contributed by atoms with van der Waals surface area (Å²) < 4.78 is 144. The Morgan fingerprint density at radius 2 is 1.35 bits per heavy atom. The van der Waals surface area contributed by atoms with Gasteiger partial charge in [-0.1, -0.05) is 0 Å². The van der Waals surface area contributed by atoms with Crippen LogP contribution in [0.1, 0.15) is 6.92 Å². The second-order valence-corrected chi connectivity index (χ2v) is 3.89. The van der Waals surface area contributed by atoms with Gasteiger partial charge in [-0.2, -0.15) is 35.1 Å². The number of hydrogen-bond acceptors (Lipinski definition) is 2. The predicted octanol–water partition coefficient (Wildman–Crippen LogP) is 4.13. The quantitative estimate of drug-likeness (QED) is 0.443. The van der Waals surface area contributed by atoms with E-state index in [4.69, 9.17) is 0 Å². The van der Waals surface area contributed by atoms with E-state index in [1.165, 1.54) is 0 Å². The number of alkyl halides is 11. The lowest BCUT2D eigenvalue weighted by Crippen LogP contribution is -2.68. The van der Waals surface area contributed by atoms with Crippen molar-refractivity contribution in [2.45, 2.75) is 37.3 Å². The molecule has 0 amide bonds. The van der Waals surface area contributed by atoms with Gasteiger partial charge in [0.2, 0.25) is 6.30 Å². The molecule has 0 aromatic carbocycles. The first kappa shape index (κ1) is 24.3. The highest BCUT2D eigenvalue weighted by Crippen LogP contribution is 2.47. The molecule has 0 heterocycles. The summed E-state index contributed by atoms with van der Waals surface area (Å²) in [5.41, 5.74) is 0. The molecule has 14 heteroatoms. The maximum atomic E-state index is 13.4. The Bertz CT molecular complexity index is 362. The summed E-state index contributed by atoms with van der Waals surface area (Å²) in [6.07, 6.45) is -10.8. The Kier molecular flexibility index (Phi) is 8.22. The smallest absolute Gasteiger partial charge is 0.315 e. The summed E-state index contributed by atoms with van der Waals surface area (Å²) in [6, 6.07) is -12.2. The molecule has 2 nitrogen and oxygen atoms in total. The van der Waals surface area contributed by atoms with Crippen molar-refractivity contribution in [3.05, 3.63) is 0 Å². The van der Waals surface area contributed by atoms with Crippen molar-refractivity contribution in [2.75, 3.05) is 20.0 Å². The average Bonchev–Trinajstić information content (AvgIpc) is 2.37. The molecule has 0 saturated heterocycles. The molecule has 0 aromatic rings. The minimum Gasteiger partial charge on any atom is -0.315 e. The van der Waals surface area contributed by atoms with Crippen LogP contribution in [0.3, 0.4) is 0 Å². The molecule has 0 aliphatic heterocycles. The van der Waals surface area contributed by atoms with Gasteiger partial charge >= 0.3 is 24.1 Å². The summed E-state index contributed by atoms with van der Waals surface area (Å²) in [6.45, 7) is -6.77. The van der Waals surface area contributed by atoms with E-state index in [9.17, 15) is 48.3 Å². The lowest BCUT2D eigenvalue weighted by molar-refractivity contribution is -0.443. The van der Waals surface area contributed by atoms with E-state index >= 15 is 0 Å². The second-order valence-electron chi connectivity index (χ2n) is 3.89. The number of halogens is 12. The van der Waals surface area contributed by atoms with Crippen LogP contribution in [-0.4, -0.2) is 55.3 Å². The lowest BCUT2D eigenvalue weighted by Gasteiger charge is -2.41. The first-order valence-electron chi connectivity index (χ1n) is 5.42. The second kappa shape index (κ2) is 7.77. The average molecular weight is 377 g/mol. The minimum absolute atomic E-state index is 0. The topological polar surface area (TPSA) is 12.5 Å². The van der Waals surface area contributed by atoms with Crippen molar-refractivity contribution >= 4 is 0 Å². The fourth-order valence-corrected chi connectivity index (χ4v) is 1.24. The third kappa shape index (κ3) is 4.78. The number of rotatable bonds is 9. The fourth-order valence-electron chi connectivity index (χ4n) is 1.24. The van der Waals surface area contributed by atoms with Gasteiger partial charge in [0.25, 0.3) is 0 Å². The van der Waals surface area contributed by atoms with Gasteiger partial charge in [-0.3, -0.25) is 4.70 Å². The zero-order chi connectivity index (χ0) is 18.0. The molecule has 0 aromatic heterocycles. The molecule has 1 unspecified atom stereocenters. The molecule has 142 valence electrons. The van der Waals surface area contributed by atoms with Crippen molar-refractivity contribution in [3.63, 3.8) is 0 Å². The van der Waals surface area contributed by atoms with Crippen LogP contribution in [0, 0.1) is 0 Å².